The molecule has 4 heteroatoms. The number of hydrogen-bond donors (Lipinski definition) is 2. The fourth-order valence-electron chi connectivity index (χ4n) is 1.04. The van der Waals surface area contributed by atoms with Crippen LogP contribution in [0.2, 0.25) is 0 Å². The number of esters is 1. The van der Waals surface area contributed by atoms with Crippen LogP contribution in [0.3, 0.4) is 0 Å². The maximum absolute atomic E-state index is 10.8. The molecule has 0 aliphatic carbocycles. The second-order valence-electron chi connectivity index (χ2n) is 3.40. The van der Waals surface area contributed by atoms with E-state index in [-0.39, 0.29) is 6.42 Å². The molecule has 1 saturated heterocycles. The van der Waals surface area contributed by atoms with E-state index in [1.54, 1.807) is 0 Å². The molecule has 0 unspecified atom stereocenters. The number of rotatable bonds is 0. The molecule has 18 heavy (non-hydrogen) atoms. The maximum Gasteiger partial charge on any atom is 0.309 e. The summed E-state index contributed by atoms with van der Waals surface area (Å²) in [5, 5.41) is 18.1. The lowest BCUT2D eigenvalue weighted by Gasteiger charge is -2.02. The molecule has 90 valence electrons. The number of aliphatic hydroxyl groups is 2. The van der Waals surface area contributed by atoms with Gasteiger partial charge in [-0.2, -0.15) is 0 Å². The Morgan fingerprint density at radius 3 is 2.39 bits per heavy atom. The topological polar surface area (TPSA) is 66.8 Å². The van der Waals surface area contributed by atoms with Crippen molar-refractivity contribution >= 4 is 5.97 Å². The molecule has 3 atom stereocenters. The molecule has 0 saturated carbocycles. The molecule has 0 bridgehead atoms. The Balaban J connectivity index is 2.48. The number of cyclic esters (lactones) is 1. The monoisotopic (exact) mass is 242 g/mol. The maximum atomic E-state index is 10.8. The third-order valence-corrected chi connectivity index (χ3v) is 1.79. The number of aliphatic hydroxyl groups excluding tert-OH is 2. The lowest BCUT2D eigenvalue weighted by Crippen LogP contribution is -2.18. The summed E-state index contributed by atoms with van der Waals surface area (Å²) in [4.78, 5) is 10.8. The molecule has 4 nitrogen and oxygen atoms in total. The van der Waals surface area contributed by atoms with Crippen LogP contribution in [0.1, 0.15) is 13.3 Å². The van der Waals surface area contributed by atoms with E-state index in [9.17, 15) is 9.90 Å². The van der Waals surface area contributed by atoms with E-state index in [4.69, 9.17) is 9.84 Å². The van der Waals surface area contributed by atoms with Crippen LogP contribution < -0.4 is 0 Å². The van der Waals surface area contributed by atoms with E-state index in [1.807, 2.05) is 0 Å². The molecule has 1 aliphatic heterocycles. The highest BCUT2D eigenvalue weighted by molar-refractivity contribution is 5.73. The predicted molar refractivity (Wildman–Crippen MR) is 63.3 cm³/mol. The summed E-state index contributed by atoms with van der Waals surface area (Å²) in [7, 11) is 0. The predicted octanol–water partition coefficient (Wildman–Crippen LogP) is -0.943. The van der Waals surface area contributed by atoms with E-state index < -0.39 is 24.3 Å². The van der Waals surface area contributed by atoms with Crippen LogP contribution in [-0.4, -0.2) is 34.5 Å². The molecule has 0 aromatic rings. The van der Waals surface area contributed by atoms with Crippen LogP contribution in [0.25, 0.3) is 0 Å². The van der Waals surface area contributed by atoms with Gasteiger partial charge in [0.05, 0.1) is 6.42 Å². The van der Waals surface area contributed by atoms with Gasteiger partial charge in [0.25, 0.3) is 0 Å². The summed E-state index contributed by atoms with van der Waals surface area (Å²) in [6, 6.07) is 0. The highest BCUT2D eigenvalue weighted by Crippen LogP contribution is 2.13. The Bertz CT molecular complexity index is 558. The van der Waals surface area contributed by atoms with Crippen molar-refractivity contribution in [1.29, 1.82) is 0 Å². The van der Waals surface area contributed by atoms with Crippen LogP contribution in [0.5, 0.6) is 0 Å². The standard InChI is InChI=1S/C14H10O4/c1-11(15)8-6-4-2-3-5-7-9-13-12(16)10-14(17)18-13/h11-13,15-16H,10H2,1H3/t11-,12+,13-/m1/s1. The largest absolute Gasteiger partial charge is 0.446 e. The zero-order valence-corrected chi connectivity index (χ0v) is 9.65. The van der Waals surface area contributed by atoms with E-state index in [1.165, 1.54) is 6.92 Å². The zero-order valence-electron chi connectivity index (χ0n) is 9.65. The Morgan fingerprint density at radius 2 is 1.83 bits per heavy atom. The summed E-state index contributed by atoms with van der Waals surface area (Å²) in [5.74, 6) is 19.0. The third-order valence-electron chi connectivity index (χ3n) is 1.79. The van der Waals surface area contributed by atoms with Gasteiger partial charge in [-0.25, -0.2) is 0 Å². The van der Waals surface area contributed by atoms with Gasteiger partial charge in [0.15, 0.2) is 6.10 Å². The van der Waals surface area contributed by atoms with E-state index in [0.717, 1.165) is 0 Å². The van der Waals surface area contributed by atoms with Gasteiger partial charge in [-0.1, -0.05) is 5.92 Å². The van der Waals surface area contributed by atoms with Crippen LogP contribution in [0, 0.1) is 47.4 Å². The van der Waals surface area contributed by atoms with Crippen molar-refractivity contribution in [3.63, 3.8) is 0 Å². The van der Waals surface area contributed by atoms with E-state index >= 15 is 0 Å². The van der Waals surface area contributed by atoms with Crippen LogP contribution in [0.4, 0.5) is 0 Å². The van der Waals surface area contributed by atoms with Crippen molar-refractivity contribution < 1.29 is 19.7 Å². The third kappa shape index (κ3) is 5.11. The second kappa shape index (κ2) is 7.05. The molecular weight excluding hydrogens is 232 g/mol. The first kappa shape index (κ1) is 13.7. The first-order valence-corrected chi connectivity index (χ1v) is 5.16. The van der Waals surface area contributed by atoms with Crippen LogP contribution >= 0.6 is 0 Å². The molecule has 1 heterocycles. The van der Waals surface area contributed by atoms with Crippen molar-refractivity contribution in [3.8, 4) is 47.4 Å². The lowest BCUT2D eigenvalue weighted by atomic mass is 10.2. The molecule has 0 radical (unpaired) electrons. The summed E-state index contributed by atoms with van der Waals surface area (Å²) in [6.45, 7) is 1.53. The van der Waals surface area contributed by atoms with Gasteiger partial charge >= 0.3 is 5.97 Å². The van der Waals surface area contributed by atoms with Gasteiger partial charge in [-0.15, -0.1) is 0 Å². The molecule has 0 amide bonds. The molecule has 1 rings (SSSR count). The zero-order chi connectivity index (χ0) is 13.4. The summed E-state index contributed by atoms with van der Waals surface area (Å²) in [5.41, 5.74) is 0. The molecule has 1 fully saturated rings. The summed E-state index contributed by atoms with van der Waals surface area (Å²) < 4.78 is 4.73. The normalized spacial score (nSPS) is 21.6. The van der Waals surface area contributed by atoms with Gasteiger partial charge < -0.3 is 14.9 Å². The number of carbonyl (C=O) groups excluding carboxylic acids is 1. The fraction of sp³-hybridized carbons (Fsp3) is 0.357. The van der Waals surface area contributed by atoms with Crippen LogP contribution in [0.15, 0.2) is 0 Å². The summed E-state index contributed by atoms with van der Waals surface area (Å²) >= 11 is 0. The average molecular weight is 242 g/mol. The molecule has 1 aliphatic rings. The first-order chi connectivity index (χ1) is 8.59. The molecule has 2 N–H and O–H groups in total. The molecule has 0 aromatic carbocycles. The Labute approximate surface area is 105 Å². The highest BCUT2D eigenvalue weighted by Gasteiger charge is 2.31. The van der Waals surface area contributed by atoms with Gasteiger partial charge in [-0.05, 0) is 48.4 Å². The number of hydrogen-bond acceptors (Lipinski definition) is 4. The minimum atomic E-state index is -0.894. The fourth-order valence-corrected chi connectivity index (χ4v) is 1.04. The number of carbonyl (C=O) groups is 1. The minimum absolute atomic E-state index is 0.0402. The van der Waals surface area contributed by atoms with E-state index in [2.05, 4.69) is 47.4 Å². The first-order valence-electron chi connectivity index (χ1n) is 5.16. The van der Waals surface area contributed by atoms with Crippen molar-refractivity contribution in [2.45, 2.75) is 31.7 Å². The molecule has 0 aromatic heterocycles. The SMILES string of the molecule is C[C@@H](O)C#CC#CC#CC#C[C@H]1OC(=O)C[C@@H]1O. The van der Waals surface area contributed by atoms with Gasteiger partial charge in [0, 0.05) is 0 Å². The Morgan fingerprint density at radius 1 is 1.22 bits per heavy atom. The Hall–Kier alpha value is -2.37. The minimum Gasteiger partial charge on any atom is -0.446 e. The van der Waals surface area contributed by atoms with Crippen molar-refractivity contribution in [1.82, 2.24) is 0 Å². The molecular formula is C14H10O4. The van der Waals surface area contributed by atoms with Gasteiger partial charge in [0.2, 0.25) is 0 Å². The lowest BCUT2D eigenvalue weighted by molar-refractivity contribution is -0.139. The van der Waals surface area contributed by atoms with Crippen molar-refractivity contribution in [3.05, 3.63) is 0 Å². The van der Waals surface area contributed by atoms with E-state index in [0.29, 0.717) is 0 Å². The van der Waals surface area contributed by atoms with Gasteiger partial charge in [0.1, 0.15) is 12.2 Å². The van der Waals surface area contributed by atoms with Crippen LogP contribution in [-0.2, 0) is 9.53 Å². The molecule has 0 spiro atoms. The quantitative estimate of drug-likeness (QED) is 0.425. The number of ether oxygens (including phenoxy) is 1. The Kier molecular flexibility index (Phi) is 5.37. The summed E-state index contributed by atoms with van der Waals surface area (Å²) in [6.07, 6.45) is -2.46. The average Bonchev–Trinajstić information content (AvgIpc) is 2.61. The smallest absolute Gasteiger partial charge is 0.309 e. The van der Waals surface area contributed by atoms with Crippen molar-refractivity contribution in [2.24, 2.45) is 0 Å². The second-order valence-corrected chi connectivity index (χ2v) is 3.40. The highest BCUT2D eigenvalue weighted by atomic mass is 16.6. The van der Waals surface area contributed by atoms with Gasteiger partial charge in [-0.3, -0.25) is 4.79 Å². The van der Waals surface area contributed by atoms with Crippen molar-refractivity contribution in [2.75, 3.05) is 0 Å².